The van der Waals surface area contributed by atoms with Crippen LogP contribution in [0.3, 0.4) is 0 Å². The van der Waals surface area contributed by atoms with Crippen LogP contribution in [-0.2, 0) is 27.3 Å². The fourth-order valence-corrected chi connectivity index (χ4v) is 3.24. The van der Waals surface area contributed by atoms with Gasteiger partial charge in [0.25, 0.3) is 0 Å². The quantitative estimate of drug-likeness (QED) is 0.464. The van der Waals surface area contributed by atoms with Gasteiger partial charge < -0.3 is 14.8 Å². The predicted molar refractivity (Wildman–Crippen MR) is 182 cm³/mol. The second kappa shape index (κ2) is 27.3. The van der Waals surface area contributed by atoms with Crippen LogP contribution in [0.5, 0.6) is 0 Å². The zero-order chi connectivity index (χ0) is 33.3. The number of benzene rings is 1. The van der Waals surface area contributed by atoms with Gasteiger partial charge >= 0.3 is 0 Å². The van der Waals surface area contributed by atoms with E-state index >= 15 is 0 Å². The van der Waals surface area contributed by atoms with Crippen LogP contribution in [0.1, 0.15) is 63.5 Å². The molecule has 0 saturated carbocycles. The summed E-state index contributed by atoms with van der Waals surface area (Å²) < 4.78 is 5.62. The first kappa shape index (κ1) is 37.5. The number of carbonyl (C=O) groups is 2. The number of hydrogen-bond acceptors (Lipinski definition) is 3. The second-order valence-corrected chi connectivity index (χ2v) is 9.03. The van der Waals surface area contributed by atoms with Gasteiger partial charge in [-0.1, -0.05) is 42.5 Å². The Morgan fingerprint density at radius 3 is 1.83 bits per heavy atom. The Hall–Kier alpha value is -6.52. The fraction of sp³-hybridized carbons (Fsp3) is 0.286. The molecule has 0 heterocycles. The number of terminal acetylenes is 1. The summed E-state index contributed by atoms with van der Waals surface area (Å²) in [6.07, 6.45) is 11.4. The highest BCUT2D eigenvalue weighted by molar-refractivity contribution is 5.77. The second-order valence-electron chi connectivity index (χ2n) is 9.03. The molecule has 222 valence electrons. The Bertz CT molecular complexity index is 1890. The summed E-state index contributed by atoms with van der Waals surface area (Å²) in [5, 5.41) is 2.87. The van der Waals surface area contributed by atoms with Crippen LogP contribution in [0.15, 0.2) is 24.3 Å². The Labute approximate surface area is 275 Å². The Morgan fingerprint density at radius 2 is 1.30 bits per heavy atom. The van der Waals surface area contributed by atoms with Crippen LogP contribution in [-0.4, -0.2) is 24.4 Å². The van der Waals surface area contributed by atoms with Crippen molar-refractivity contribution in [1.29, 1.82) is 0 Å². The number of rotatable bonds is 8. The molecule has 2 rings (SSSR count). The summed E-state index contributed by atoms with van der Waals surface area (Å²) in [7, 11) is 0. The van der Waals surface area contributed by atoms with Gasteiger partial charge in [-0.05, 0) is 145 Å². The van der Waals surface area contributed by atoms with Crippen LogP contribution < -0.4 is 5.32 Å². The number of aryl methyl sites for hydroxylation is 1. The minimum absolute atomic E-state index is 0.0516. The monoisotopic (exact) mass is 597 g/mol. The van der Waals surface area contributed by atoms with Crippen molar-refractivity contribution >= 4 is 11.7 Å². The first-order valence-corrected chi connectivity index (χ1v) is 14.4. The zero-order valence-electron chi connectivity index (χ0n) is 26.1. The van der Waals surface area contributed by atoms with E-state index in [0.717, 1.165) is 43.2 Å². The molecule has 1 aromatic carbocycles. The highest BCUT2D eigenvalue weighted by Gasteiger charge is 2.10. The minimum Gasteiger partial charge on any atom is -0.356 e. The molecule has 1 N–H and O–H groups in total. The number of amides is 1. The van der Waals surface area contributed by atoms with Crippen molar-refractivity contribution < 1.29 is 14.3 Å². The van der Waals surface area contributed by atoms with E-state index in [-0.39, 0.29) is 24.4 Å². The van der Waals surface area contributed by atoms with Crippen molar-refractivity contribution in [3.63, 3.8) is 0 Å². The molecular formula is C42H31NO3. The SMILES string of the molecule is C#CC#CC#CC#CC#CC#CC#CC#CC#CC#CC.CC(=O)CCc1ccc(CNC(=O)COC2C#CCCCCC2)cc1. The molecule has 1 atom stereocenters. The molecule has 1 aromatic rings. The first-order valence-electron chi connectivity index (χ1n) is 14.4. The highest BCUT2D eigenvalue weighted by Crippen LogP contribution is 2.11. The molecule has 0 bridgehead atoms. The average molecular weight is 598 g/mol. The maximum Gasteiger partial charge on any atom is 0.246 e. The normalized spacial score (nSPS) is 10.9. The molecule has 0 spiro atoms. The van der Waals surface area contributed by atoms with Gasteiger partial charge in [0.15, 0.2) is 0 Å². The third-order valence-electron chi connectivity index (χ3n) is 5.42. The van der Waals surface area contributed by atoms with Crippen molar-refractivity contribution in [2.45, 2.75) is 71.4 Å². The van der Waals surface area contributed by atoms with Crippen molar-refractivity contribution in [3.05, 3.63) is 35.4 Å². The van der Waals surface area contributed by atoms with Crippen LogP contribution in [0, 0.1) is 131 Å². The van der Waals surface area contributed by atoms with Crippen LogP contribution in [0.4, 0.5) is 0 Å². The summed E-state index contributed by atoms with van der Waals surface area (Å²) in [4.78, 5) is 22.9. The average Bonchev–Trinajstić information content (AvgIpc) is 3.04. The highest BCUT2D eigenvalue weighted by atomic mass is 16.5. The van der Waals surface area contributed by atoms with Crippen molar-refractivity contribution in [1.82, 2.24) is 5.32 Å². The van der Waals surface area contributed by atoms with Crippen molar-refractivity contribution in [2.24, 2.45) is 0 Å². The third kappa shape index (κ3) is 23.1. The molecule has 4 nitrogen and oxygen atoms in total. The van der Waals surface area contributed by atoms with Gasteiger partial charge in [-0.25, -0.2) is 0 Å². The largest absolute Gasteiger partial charge is 0.356 e. The molecule has 1 unspecified atom stereocenters. The smallest absolute Gasteiger partial charge is 0.246 e. The Balaban J connectivity index is 0.000000469. The molecule has 0 radical (unpaired) electrons. The molecule has 0 aliphatic heterocycles. The van der Waals surface area contributed by atoms with E-state index in [0.29, 0.717) is 13.0 Å². The first-order chi connectivity index (χ1) is 22.5. The number of ether oxygens (including phenoxy) is 1. The lowest BCUT2D eigenvalue weighted by molar-refractivity contribution is -0.127. The summed E-state index contributed by atoms with van der Waals surface area (Å²) in [5.41, 5.74) is 2.17. The Kier molecular flexibility index (Phi) is 22.3. The standard InChI is InChI=1S/C21H27NO3.C21H4/c1-17(23)9-10-18-11-13-19(14-12-18)15-22-21(24)16-25-20-7-5-3-2-4-6-8-20;1-3-5-7-9-11-13-15-17-19-21-20-18-16-14-12-10-8-6-4-2/h11-14,20H,2-5,7,9-10,15-16H2,1H3,(H,22,24);1H,2H3. The summed E-state index contributed by atoms with van der Waals surface area (Å²) in [5.74, 6) is 53.2. The summed E-state index contributed by atoms with van der Waals surface area (Å²) in [6.45, 7) is 3.83. The van der Waals surface area contributed by atoms with Crippen molar-refractivity contribution in [2.75, 3.05) is 6.61 Å². The predicted octanol–water partition coefficient (Wildman–Crippen LogP) is 3.85. The fourth-order valence-electron chi connectivity index (χ4n) is 3.24. The van der Waals surface area contributed by atoms with Crippen LogP contribution in [0.25, 0.3) is 0 Å². The van der Waals surface area contributed by atoms with Gasteiger partial charge in [-0.2, -0.15) is 0 Å². The number of Topliss-reactive ketones (excluding diaryl/α,β-unsaturated/α-hetero) is 1. The lowest BCUT2D eigenvalue weighted by atomic mass is 10.1. The van der Waals surface area contributed by atoms with E-state index < -0.39 is 0 Å². The van der Waals surface area contributed by atoms with Crippen LogP contribution >= 0.6 is 0 Å². The molecule has 1 aliphatic carbocycles. The molecule has 0 fully saturated rings. The maximum atomic E-state index is 11.9. The van der Waals surface area contributed by atoms with E-state index in [1.165, 1.54) is 6.42 Å². The van der Waals surface area contributed by atoms with Crippen molar-refractivity contribution in [3.8, 4) is 131 Å². The van der Waals surface area contributed by atoms with E-state index in [1.54, 1.807) is 13.8 Å². The van der Waals surface area contributed by atoms with Gasteiger partial charge in [-0.3, -0.25) is 4.79 Å². The summed E-state index contributed by atoms with van der Waals surface area (Å²) in [6, 6.07) is 7.98. The maximum absolute atomic E-state index is 11.9. The van der Waals surface area contributed by atoms with E-state index in [4.69, 9.17) is 11.2 Å². The van der Waals surface area contributed by atoms with E-state index in [2.05, 4.69) is 130 Å². The van der Waals surface area contributed by atoms with Gasteiger partial charge in [0, 0.05) is 31.2 Å². The Morgan fingerprint density at radius 1 is 0.783 bits per heavy atom. The van der Waals surface area contributed by atoms with Gasteiger partial charge in [0.1, 0.15) is 18.5 Å². The van der Waals surface area contributed by atoms with Gasteiger partial charge in [-0.15, -0.1) is 12.3 Å². The number of carbonyl (C=O) groups excluding carboxylic acids is 2. The van der Waals surface area contributed by atoms with Gasteiger partial charge in [0.05, 0.1) is 0 Å². The molecule has 46 heavy (non-hydrogen) atoms. The van der Waals surface area contributed by atoms with Crippen LogP contribution in [0.2, 0.25) is 0 Å². The molecular weight excluding hydrogens is 566 g/mol. The number of nitrogens with one attached hydrogen (secondary N) is 1. The van der Waals surface area contributed by atoms with E-state index in [9.17, 15) is 9.59 Å². The van der Waals surface area contributed by atoms with Gasteiger partial charge in [0.2, 0.25) is 5.91 Å². The number of ketones is 1. The molecule has 1 amide bonds. The minimum atomic E-state index is -0.121. The topological polar surface area (TPSA) is 55.4 Å². The third-order valence-corrected chi connectivity index (χ3v) is 5.42. The lowest BCUT2D eigenvalue weighted by Crippen LogP contribution is -2.29. The molecule has 0 aromatic heterocycles. The molecule has 0 saturated heterocycles. The molecule has 4 heteroatoms. The molecule has 1 aliphatic rings. The summed E-state index contributed by atoms with van der Waals surface area (Å²) >= 11 is 0. The zero-order valence-corrected chi connectivity index (χ0v) is 26.1. The van der Waals surface area contributed by atoms with E-state index in [1.807, 2.05) is 24.3 Å². The lowest BCUT2D eigenvalue weighted by Gasteiger charge is -2.13. The number of hydrogen-bond donors (Lipinski definition) is 1.